The molecular weight excluding hydrogens is 360 g/mol. The van der Waals surface area contributed by atoms with Gasteiger partial charge in [-0.3, -0.25) is 10.2 Å². The molecule has 1 fully saturated rings. The van der Waals surface area contributed by atoms with Gasteiger partial charge in [-0.1, -0.05) is 6.07 Å². The molecule has 1 aliphatic heterocycles. The summed E-state index contributed by atoms with van der Waals surface area (Å²) in [4.78, 5) is 20.4. The summed E-state index contributed by atoms with van der Waals surface area (Å²) in [6.45, 7) is 2.70. The summed E-state index contributed by atoms with van der Waals surface area (Å²) < 4.78 is 29.2. The van der Waals surface area contributed by atoms with Gasteiger partial charge in [-0.25, -0.2) is 13.4 Å². The zero-order valence-electron chi connectivity index (χ0n) is 11.9. The van der Waals surface area contributed by atoms with Gasteiger partial charge in [-0.05, 0) is 11.4 Å². The molecule has 0 aromatic carbocycles. The maximum atomic E-state index is 12.0. The normalized spacial score (nSPS) is 15.6. The molecule has 3 heterocycles. The quantitative estimate of drug-likeness (QED) is 0.746. The number of anilines is 1. The minimum Gasteiger partial charge on any atom is -0.378 e. The summed E-state index contributed by atoms with van der Waals surface area (Å²) in [6.07, 6.45) is 0. The number of rotatable bonds is 5. The molecule has 0 aliphatic carbocycles. The van der Waals surface area contributed by atoms with E-state index in [1.165, 1.54) is 17.4 Å². The first-order chi connectivity index (χ1) is 11.1. The predicted octanol–water partition coefficient (Wildman–Crippen LogP) is 0.664. The predicted molar refractivity (Wildman–Crippen MR) is 87.3 cm³/mol. The Bertz CT molecular complexity index is 766. The number of nitrogens with one attached hydrogen (secondary N) is 2. The summed E-state index contributed by atoms with van der Waals surface area (Å²) in [5.74, 6) is -0.596. The standard InChI is InChI=1S/C12H14N4O4S3/c17-11(14-15-23(18,19)10-2-1-7-21-10)9-8-22-12(13-9)16-3-5-20-6-4-16/h1-2,7-8,15H,3-6H2,(H,14,17). The van der Waals surface area contributed by atoms with Crippen molar-refractivity contribution in [3.63, 3.8) is 0 Å². The molecule has 2 N–H and O–H groups in total. The van der Waals surface area contributed by atoms with Crippen LogP contribution in [0.4, 0.5) is 5.13 Å². The van der Waals surface area contributed by atoms with Gasteiger partial charge in [0.1, 0.15) is 9.90 Å². The second-order valence-electron chi connectivity index (χ2n) is 4.61. The molecule has 11 heteroatoms. The molecule has 0 bridgehead atoms. The Hall–Kier alpha value is -1.53. The number of carbonyl (C=O) groups excluding carboxylic acids is 1. The van der Waals surface area contributed by atoms with E-state index in [-0.39, 0.29) is 9.90 Å². The van der Waals surface area contributed by atoms with Crippen LogP contribution in [0.25, 0.3) is 0 Å². The lowest BCUT2D eigenvalue weighted by molar-refractivity contribution is 0.0941. The zero-order valence-corrected chi connectivity index (χ0v) is 14.3. The highest BCUT2D eigenvalue weighted by atomic mass is 32.2. The van der Waals surface area contributed by atoms with Crippen LogP contribution >= 0.6 is 22.7 Å². The third-order valence-electron chi connectivity index (χ3n) is 3.07. The number of thiophene rings is 1. The van der Waals surface area contributed by atoms with Crippen molar-refractivity contribution >= 4 is 43.7 Å². The molecule has 23 heavy (non-hydrogen) atoms. The van der Waals surface area contributed by atoms with Crippen molar-refractivity contribution in [2.24, 2.45) is 0 Å². The molecule has 1 aliphatic rings. The molecule has 1 amide bonds. The van der Waals surface area contributed by atoms with Gasteiger partial charge in [0.15, 0.2) is 5.13 Å². The highest BCUT2D eigenvalue weighted by Crippen LogP contribution is 2.21. The summed E-state index contributed by atoms with van der Waals surface area (Å²) in [7, 11) is -3.75. The number of carbonyl (C=O) groups is 1. The van der Waals surface area contributed by atoms with Crippen molar-refractivity contribution in [3.8, 4) is 0 Å². The Kier molecular flexibility index (Phi) is 4.92. The van der Waals surface area contributed by atoms with E-state index >= 15 is 0 Å². The van der Waals surface area contributed by atoms with Crippen molar-refractivity contribution < 1.29 is 17.9 Å². The number of nitrogens with zero attached hydrogens (tertiary/aromatic N) is 2. The lowest BCUT2D eigenvalue weighted by Gasteiger charge is -2.25. The van der Waals surface area contributed by atoms with E-state index in [1.54, 1.807) is 16.8 Å². The van der Waals surface area contributed by atoms with E-state index in [0.717, 1.165) is 29.6 Å². The summed E-state index contributed by atoms with van der Waals surface area (Å²) >= 11 is 2.41. The van der Waals surface area contributed by atoms with Gasteiger partial charge in [-0.2, -0.15) is 0 Å². The Morgan fingerprint density at radius 2 is 2.09 bits per heavy atom. The van der Waals surface area contributed by atoms with Crippen molar-refractivity contribution in [2.45, 2.75) is 4.21 Å². The van der Waals surface area contributed by atoms with Crippen LogP contribution in [0.3, 0.4) is 0 Å². The highest BCUT2D eigenvalue weighted by molar-refractivity contribution is 7.91. The van der Waals surface area contributed by atoms with E-state index in [4.69, 9.17) is 4.74 Å². The lowest BCUT2D eigenvalue weighted by atomic mass is 10.4. The number of hydrazine groups is 1. The molecule has 0 atom stereocenters. The molecule has 0 spiro atoms. The van der Waals surface area contributed by atoms with Gasteiger partial charge < -0.3 is 9.64 Å². The molecule has 2 aromatic heterocycles. The third kappa shape index (κ3) is 3.87. The molecule has 124 valence electrons. The molecule has 0 unspecified atom stereocenters. The van der Waals surface area contributed by atoms with Gasteiger partial charge in [0.25, 0.3) is 15.9 Å². The van der Waals surface area contributed by atoms with Gasteiger partial charge in [-0.15, -0.1) is 27.5 Å². The second kappa shape index (κ2) is 6.93. The van der Waals surface area contributed by atoms with E-state index < -0.39 is 15.9 Å². The zero-order chi connectivity index (χ0) is 16.3. The number of ether oxygens (including phenoxy) is 1. The van der Waals surface area contributed by atoms with Crippen molar-refractivity contribution in [1.82, 2.24) is 15.2 Å². The van der Waals surface area contributed by atoms with E-state index in [9.17, 15) is 13.2 Å². The maximum absolute atomic E-state index is 12.0. The number of hydrogen-bond acceptors (Lipinski definition) is 8. The van der Waals surface area contributed by atoms with Crippen molar-refractivity contribution in [2.75, 3.05) is 31.2 Å². The monoisotopic (exact) mass is 374 g/mol. The van der Waals surface area contributed by atoms with E-state index in [2.05, 4.69) is 15.2 Å². The largest absolute Gasteiger partial charge is 0.378 e. The summed E-state index contributed by atoms with van der Waals surface area (Å²) in [6, 6.07) is 3.08. The molecular formula is C12H14N4O4S3. The fourth-order valence-corrected chi connectivity index (χ4v) is 4.60. The van der Waals surface area contributed by atoms with Crippen LogP contribution in [-0.4, -0.2) is 45.6 Å². The van der Waals surface area contributed by atoms with E-state index in [0.29, 0.717) is 13.2 Å². The average Bonchev–Trinajstić information content (AvgIpc) is 3.25. The van der Waals surface area contributed by atoms with Gasteiger partial charge in [0, 0.05) is 18.5 Å². The topological polar surface area (TPSA) is 101 Å². The molecule has 0 saturated carbocycles. The molecule has 2 aromatic rings. The van der Waals surface area contributed by atoms with Gasteiger partial charge in [0.2, 0.25) is 0 Å². The van der Waals surface area contributed by atoms with Crippen LogP contribution in [0.5, 0.6) is 0 Å². The first kappa shape index (κ1) is 16.3. The Labute approximate surface area is 141 Å². The van der Waals surface area contributed by atoms with Crippen LogP contribution in [0.2, 0.25) is 0 Å². The third-order valence-corrected chi connectivity index (χ3v) is 6.61. The number of amides is 1. The SMILES string of the molecule is O=C(NNS(=O)(=O)c1cccs1)c1csc(N2CCOCC2)n1. The number of sulfonamides is 1. The molecule has 0 radical (unpaired) electrons. The Morgan fingerprint density at radius 3 is 2.78 bits per heavy atom. The van der Waals surface area contributed by atoms with E-state index in [1.807, 2.05) is 4.90 Å². The van der Waals surface area contributed by atoms with Crippen molar-refractivity contribution in [1.29, 1.82) is 0 Å². The first-order valence-corrected chi connectivity index (χ1v) is 9.94. The Morgan fingerprint density at radius 1 is 1.30 bits per heavy atom. The summed E-state index contributed by atoms with van der Waals surface area (Å²) in [5.41, 5.74) is 2.35. The van der Waals surface area contributed by atoms with Crippen LogP contribution < -0.4 is 15.2 Å². The van der Waals surface area contributed by atoms with Gasteiger partial charge in [0.05, 0.1) is 13.2 Å². The number of hydrogen-bond donors (Lipinski definition) is 2. The maximum Gasteiger partial charge on any atom is 0.285 e. The smallest absolute Gasteiger partial charge is 0.285 e. The van der Waals surface area contributed by atoms with Gasteiger partial charge >= 0.3 is 0 Å². The number of morpholine rings is 1. The molecule has 3 rings (SSSR count). The van der Waals surface area contributed by atoms with Crippen molar-refractivity contribution in [3.05, 3.63) is 28.6 Å². The first-order valence-electron chi connectivity index (χ1n) is 6.70. The lowest BCUT2D eigenvalue weighted by Crippen LogP contribution is -2.41. The number of thiazole rings is 1. The van der Waals surface area contributed by atoms with Crippen LogP contribution in [0.1, 0.15) is 10.5 Å². The van der Waals surface area contributed by atoms with Crippen LogP contribution in [0, 0.1) is 0 Å². The van der Waals surface area contributed by atoms with Crippen LogP contribution in [0.15, 0.2) is 27.1 Å². The second-order valence-corrected chi connectivity index (χ2v) is 8.30. The Balaban J connectivity index is 1.61. The fourth-order valence-electron chi connectivity index (χ4n) is 1.91. The summed E-state index contributed by atoms with van der Waals surface area (Å²) in [5, 5.41) is 3.96. The minimum absolute atomic E-state index is 0.130. The average molecular weight is 374 g/mol. The van der Waals surface area contributed by atoms with Crippen LogP contribution in [-0.2, 0) is 14.8 Å². The number of aromatic nitrogens is 1. The minimum atomic E-state index is -3.75. The molecule has 1 saturated heterocycles. The fraction of sp³-hybridized carbons (Fsp3) is 0.333. The highest BCUT2D eigenvalue weighted by Gasteiger charge is 2.20. The molecule has 8 nitrogen and oxygen atoms in total.